The second-order valence-electron chi connectivity index (χ2n) is 6.96. The fourth-order valence-corrected chi connectivity index (χ4v) is 3.79. The van der Waals surface area contributed by atoms with Gasteiger partial charge in [0.15, 0.2) is 0 Å². The van der Waals surface area contributed by atoms with Crippen LogP contribution >= 0.6 is 0 Å². The van der Waals surface area contributed by atoms with E-state index in [0.29, 0.717) is 6.54 Å². The minimum Gasteiger partial charge on any atom is -0.335 e. The van der Waals surface area contributed by atoms with E-state index >= 15 is 0 Å². The Bertz CT molecular complexity index is 1160. The van der Waals surface area contributed by atoms with Gasteiger partial charge in [0.25, 0.3) is 0 Å². The lowest BCUT2D eigenvalue weighted by atomic mass is 10.2. The van der Waals surface area contributed by atoms with Gasteiger partial charge in [0.1, 0.15) is 5.82 Å². The third-order valence-electron chi connectivity index (χ3n) is 4.71. The van der Waals surface area contributed by atoms with Crippen molar-refractivity contribution < 1.29 is 13.2 Å². The Kier molecular flexibility index (Phi) is 5.86. The molecule has 1 aromatic heterocycles. The Hall–Kier alpha value is -2.97. The summed E-state index contributed by atoms with van der Waals surface area (Å²) in [5.41, 5.74) is 2.66. The van der Waals surface area contributed by atoms with Crippen LogP contribution in [0.2, 0.25) is 0 Å². The van der Waals surface area contributed by atoms with Gasteiger partial charge < -0.3 is 9.47 Å². The molecule has 2 aromatic carbocycles. The Morgan fingerprint density at radius 1 is 1.07 bits per heavy atom. The number of carbonyl (C=O) groups excluding carboxylic acids is 1. The van der Waals surface area contributed by atoms with Crippen molar-refractivity contribution >= 4 is 33.0 Å². The number of para-hydroxylation sites is 2. The summed E-state index contributed by atoms with van der Waals surface area (Å²) in [7, 11) is 3.17. The summed E-state index contributed by atoms with van der Waals surface area (Å²) in [6, 6.07) is 14.2. The summed E-state index contributed by atoms with van der Waals surface area (Å²) in [5, 5.41) is 0. The van der Waals surface area contributed by atoms with Crippen LogP contribution in [0.3, 0.4) is 0 Å². The number of benzene rings is 2. The van der Waals surface area contributed by atoms with E-state index in [1.54, 1.807) is 30.2 Å². The van der Waals surface area contributed by atoms with E-state index in [4.69, 9.17) is 0 Å². The van der Waals surface area contributed by atoms with Gasteiger partial charge in [0.05, 0.1) is 22.5 Å². The van der Waals surface area contributed by atoms with Gasteiger partial charge >= 0.3 is 0 Å². The number of aryl methyl sites for hydroxylation is 1. The first-order valence-corrected chi connectivity index (χ1v) is 10.5. The number of amides is 1. The lowest BCUT2D eigenvalue weighted by molar-refractivity contribution is -0.125. The van der Waals surface area contributed by atoms with Gasteiger partial charge in [-0.2, -0.15) is 0 Å². The number of sulfonamides is 1. The van der Waals surface area contributed by atoms with Crippen LogP contribution < -0.4 is 0 Å². The molecule has 0 aliphatic heterocycles. The molecule has 8 heteroatoms. The van der Waals surface area contributed by atoms with Crippen LogP contribution in [-0.2, 0) is 28.4 Å². The van der Waals surface area contributed by atoms with Crippen molar-refractivity contribution in [2.45, 2.75) is 11.4 Å². The molecule has 0 atom stereocenters. The number of likely N-dealkylation sites (N-methyl/N-ethyl adjacent to an activating group) is 1. The quantitative estimate of drug-likeness (QED) is 0.583. The molecule has 0 radical (unpaired) electrons. The van der Waals surface area contributed by atoms with Crippen LogP contribution in [0.25, 0.3) is 17.1 Å². The van der Waals surface area contributed by atoms with Crippen molar-refractivity contribution in [3.8, 4) is 0 Å². The summed E-state index contributed by atoms with van der Waals surface area (Å²) in [6.45, 7) is 0.383. The molecule has 0 saturated heterocycles. The maximum Gasteiger partial charge on any atom is 0.246 e. The van der Waals surface area contributed by atoms with Crippen LogP contribution in [0.15, 0.2) is 59.5 Å². The molecule has 0 saturated carbocycles. The summed E-state index contributed by atoms with van der Waals surface area (Å²) in [6.07, 6.45) is 3.14. The number of rotatable bonds is 6. The molecule has 152 valence electrons. The first-order chi connectivity index (χ1) is 13.7. The molecule has 29 heavy (non-hydrogen) atoms. The average molecular weight is 413 g/mol. The number of hydrogen-bond donors (Lipinski definition) is 0. The molecule has 7 nitrogen and oxygen atoms in total. The first kappa shape index (κ1) is 20.8. The minimum absolute atomic E-state index is 0.165. The van der Waals surface area contributed by atoms with E-state index in [0.717, 1.165) is 26.7 Å². The number of nitrogens with zero attached hydrogens (tertiary/aromatic N) is 4. The van der Waals surface area contributed by atoms with Crippen LogP contribution in [0.4, 0.5) is 0 Å². The Balaban J connectivity index is 1.69. The molecule has 0 fully saturated rings. The topological polar surface area (TPSA) is 75.5 Å². The Morgan fingerprint density at radius 2 is 1.72 bits per heavy atom. The zero-order valence-electron chi connectivity index (χ0n) is 16.9. The number of aromatic nitrogens is 2. The zero-order chi connectivity index (χ0) is 21.2. The normalized spacial score (nSPS) is 12.2. The van der Waals surface area contributed by atoms with E-state index in [-0.39, 0.29) is 10.8 Å². The van der Waals surface area contributed by atoms with E-state index < -0.39 is 10.0 Å². The Morgan fingerprint density at radius 3 is 2.34 bits per heavy atom. The molecular formula is C21H24N4O3S. The van der Waals surface area contributed by atoms with Gasteiger partial charge in [0, 0.05) is 34.3 Å². The SMILES string of the molecule is CN(Cc1nc2ccccc2n1C)C(=O)C=Cc1ccc(S(=O)(=O)N(C)C)cc1. The van der Waals surface area contributed by atoms with Crippen LogP contribution in [0.1, 0.15) is 11.4 Å². The highest BCUT2D eigenvalue weighted by atomic mass is 32.2. The molecule has 0 N–H and O–H groups in total. The van der Waals surface area contributed by atoms with Crippen molar-refractivity contribution in [3.05, 3.63) is 66.0 Å². The minimum atomic E-state index is -3.46. The molecule has 3 rings (SSSR count). The molecule has 0 aliphatic rings. The fourth-order valence-electron chi connectivity index (χ4n) is 2.88. The predicted octanol–water partition coefficient (Wildman–Crippen LogP) is 2.50. The number of fused-ring (bicyclic) bond motifs is 1. The highest BCUT2D eigenvalue weighted by molar-refractivity contribution is 7.89. The van der Waals surface area contributed by atoms with Crippen molar-refractivity contribution in [2.75, 3.05) is 21.1 Å². The molecule has 1 heterocycles. The standard InChI is InChI=1S/C21H24N4O3S/c1-23(2)29(27,28)17-12-9-16(10-13-17)11-14-21(26)24(3)15-20-22-18-7-5-6-8-19(18)25(20)4/h5-14H,15H2,1-4H3. The smallest absolute Gasteiger partial charge is 0.246 e. The first-order valence-electron chi connectivity index (χ1n) is 9.06. The molecule has 0 bridgehead atoms. The van der Waals surface area contributed by atoms with Gasteiger partial charge in [0.2, 0.25) is 15.9 Å². The van der Waals surface area contributed by atoms with Gasteiger partial charge in [-0.15, -0.1) is 0 Å². The van der Waals surface area contributed by atoms with Crippen molar-refractivity contribution in [3.63, 3.8) is 0 Å². The van der Waals surface area contributed by atoms with Crippen LogP contribution in [0.5, 0.6) is 0 Å². The zero-order valence-corrected chi connectivity index (χ0v) is 17.7. The maximum atomic E-state index is 12.5. The van der Waals surface area contributed by atoms with Gasteiger partial charge in [-0.05, 0) is 35.9 Å². The molecule has 1 amide bonds. The number of imidazole rings is 1. The highest BCUT2D eigenvalue weighted by Crippen LogP contribution is 2.16. The van der Waals surface area contributed by atoms with E-state index in [9.17, 15) is 13.2 Å². The van der Waals surface area contributed by atoms with E-state index in [1.807, 2.05) is 35.9 Å². The van der Waals surface area contributed by atoms with Crippen molar-refractivity contribution in [1.82, 2.24) is 18.8 Å². The van der Waals surface area contributed by atoms with Crippen molar-refractivity contribution in [1.29, 1.82) is 0 Å². The van der Waals surface area contributed by atoms with Crippen LogP contribution in [0, 0.1) is 0 Å². The lowest BCUT2D eigenvalue weighted by Crippen LogP contribution is -2.25. The molecule has 3 aromatic rings. The predicted molar refractivity (Wildman–Crippen MR) is 114 cm³/mol. The third-order valence-corrected chi connectivity index (χ3v) is 6.54. The van der Waals surface area contributed by atoms with Crippen molar-refractivity contribution in [2.24, 2.45) is 7.05 Å². The van der Waals surface area contributed by atoms with Gasteiger partial charge in [-0.1, -0.05) is 24.3 Å². The highest BCUT2D eigenvalue weighted by Gasteiger charge is 2.16. The second kappa shape index (κ2) is 8.18. The monoisotopic (exact) mass is 412 g/mol. The molecule has 0 aliphatic carbocycles. The van der Waals surface area contributed by atoms with E-state index in [1.165, 1.54) is 32.3 Å². The number of hydrogen-bond acceptors (Lipinski definition) is 4. The maximum absolute atomic E-state index is 12.5. The fraction of sp³-hybridized carbons (Fsp3) is 0.238. The second-order valence-corrected chi connectivity index (χ2v) is 9.11. The molecule has 0 unspecified atom stereocenters. The average Bonchev–Trinajstić information content (AvgIpc) is 3.02. The summed E-state index contributed by atoms with van der Waals surface area (Å²) in [5.74, 6) is 0.635. The number of carbonyl (C=O) groups is 1. The third kappa shape index (κ3) is 4.38. The molecule has 0 spiro atoms. The van der Waals surface area contributed by atoms with Crippen LogP contribution in [-0.4, -0.2) is 54.2 Å². The van der Waals surface area contributed by atoms with Gasteiger partial charge in [-0.3, -0.25) is 4.79 Å². The van der Waals surface area contributed by atoms with Gasteiger partial charge in [-0.25, -0.2) is 17.7 Å². The summed E-state index contributed by atoms with van der Waals surface area (Å²) >= 11 is 0. The largest absolute Gasteiger partial charge is 0.335 e. The lowest BCUT2D eigenvalue weighted by Gasteiger charge is -2.14. The summed E-state index contributed by atoms with van der Waals surface area (Å²) < 4.78 is 27.4. The summed E-state index contributed by atoms with van der Waals surface area (Å²) in [4.78, 5) is 18.8. The Labute approximate surface area is 170 Å². The molecular weight excluding hydrogens is 388 g/mol. The van der Waals surface area contributed by atoms with E-state index in [2.05, 4.69) is 4.98 Å².